The van der Waals surface area contributed by atoms with Gasteiger partial charge in [-0.1, -0.05) is 18.2 Å². The molecule has 0 saturated heterocycles. The van der Waals surface area contributed by atoms with E-state index in [4.69, 9.17) is 5.73 Å². The number of carbonyl (C=O) groups excluding carboxylic acids is 1. The summed E-state index contributed by atoms with van der Waals surface area (Å²) >= 11 is 0. The number of fused-ring (bicyclic) bond motifs is 1. The Morgan fingerprint density at radius 1 is 1.71 bits per heavy atom. The zero-order valence-electron chi connectivity index (χ0n) is 8.16. The Morgan fingerprint density at radius 2 is 2.50 bits per heavy atom. The molecule has 1 heterocycles. The van der Waals surface area contributed by atoms with E-state index in [2.05, 4.69) is 6.07 Å². The Hall–Kier alpha value is -1.35. The predicted octanol–water partition coefficient (Wildman–Crippen LogP) is 0.501. The summed E-state index contributed by atoms with van der Waals surface area (Å²) in [6.07, 6.45) is 0.965. The molecule has 0 bridgehead atoms. The van der Waals surface area contributed by atoms with Gasteiger partial charge in [0.15, 0.2) is 0 Å². The van der Waals surface area contributed by atoms with Crippen LogP contribution in [0.15, 0.2) is 18.2 Å². The van der Waals surface area contributed by atoms with Crippen molar-refractivity contribution in [2.24, 2.45) is 5.73 Å². The van der Waals surface area contributed by atoms with E-state index >= 15 is 0 Å². The highest BCUT2D eigenvalue weighted by molar-refractivity contribution is 5.82. The van der Waals surface area contributed by atoms with E-state index in [0.29, 0.717) is 0 Å². The quantitative estimate of drug-likeness (QED) is 0.699. The number of carbonyl (C=O) groups is 1. The summed E-state index contributed by atoms with van der Waals surface area (Å²) in [7, 11) is 1.92. The molecule has 1 aliphatic heterocycles. The van der Waals surface area contributed by atoms with Crippen LogP contribution in [0.5, 0.6) is 0 Å². The number of rotatable bonds is 1. The molecular formula is C11H13N2O. The highest BCUT2D eigenvalue weighted by atomic mass is 16.1. The molecule has 0 spiro atoms. The van der Waals surface area contributed by atoms with Gasteiger partial charge in [0.05, 0.1) is 0 Å². The fraction of sp³-hybridized carbons (Fsp3) is 0.364. The van der Waals surface area contributed by atoms with Gasteiger partial charge < -0.3 is 5.73 Å². The number of nitrogens with two attached hydrogens (primary N) is 1. The van der Waals surface area contributed by atoms with Crippen molar-refractivity contribution in [3.8, 4) is 0 Å². The van der Waals surface area contributed by atoms with Crippen LogP contribution in [0.2, 0.25) is 0 Å². The molecule has 73 valence electrons. The summed E-state index contributed by atoms with van der Waals surface area (Å²) in [5, 5.41) is 0. The second-order valence-electron chi connectivity index (χ2n) is 3.64. The molecule has 1 amide bonds. The first-order chi connectivity index (χ1) is 6.70. The van der Waals surface area contributed by atoms with Crippen molar-refractivity contribution in [3.63, 3.8) is 0 Å². The molecular weight excluding hydrogens is 176 g/mol. The standard InChI is InChI=1S/C11H13N2O/c1-13-7-6-8-4-2-3-5-9(8)10(13)11(12)14/h2-4,10H,6-7H2,1H3,(H2,12,14). The van der Waals surface area contributed by atoms with Gasteiger partial charge in [-0.2, -0.15) is 0 Å². The molecule has 2 N–H and O–H groups in total. The zero-order valence-corrected chi connectivity index (χ0v) is 8.16. The van der Waals surface area contributed by atoms with Crippen molar-refractivity contribution in [3.05, 3.63) is 35.4 Å². The van der Waals surface area contributed by atoms with Gasteiger partial charge >= 0.3 is 0 Å². The minimum Gasteiger partial charge on any atom is -0.368 e. The lowest BCUT2D eigenvalue weighted by Gasteiger charge is -2.31. The second kappa shape index (κ2) is 3.42. The van der Waals surface area contributed by atoms with Crippen LogP contribution in [0.1, 0.15) is 17.2 Å². The normalized spacial score (nSPS) is 21.6. The Kier molecular flexibility index (Phi) is 2.25. The van der Waals surface area contributed by atoms with E-state index in [0.717, 1.165) is 18.5 Å². The van der Waals surface area contributed by atoms with Crippen LogP contribution >= 0.6 is 0 Å². The number of benzene rings is 1. The maximum absolute atomic E-state index is 11.3. The minimum absolute atomic E-state index is 0.295. The summed E-state index contributed by atoms with van der Waals surface area (Å²) in [5.41, 5.74) is 7.50. The molecule has 3 nitrogen and oxygen atoms in total. The first kappa shape index (κ1) is 9.21. The largest absolute Gasteiger partial charge is 0.368 e. The molecule has 3 heteroatoms. The van der Waals surface area contributed by atoms with Crippen LogP contribution in [0, 0.1) is 6.07 Å². The summed E-state index contributed by atoms with van der Waals surface area (Å²) in [6, 6.07) is 8.61. The molecule has 0 aromatic heterocycles. The maximum atomic E-state index is 11.3. The van der Waals surface area contributed by atoms with Gasteiger partial charge in [0.1, 0.15) is 6.04 Å². The van der Waals surface area contributed by atoms with Crippen molar-refractivity contribution < 1.29 is 4.79 Å². The zero-order chi connectivity index (χ0) is 10.1. The molecule has 1 aromatic carbocycles. The monoisotopic (exact) mass is 189 g/mol. The van der Waals surface area contributed by atoms with Gasteiger partial charge in [-0.3, -0.25) is 9.69 Å². The first-order valence-corrected chi connectivity index (χ1v) is 4.69. The second-order valence-corrected chi connectivity index (χ2v) is 3.64. The number of hydrogen-bond acceptors (Lipinski definition) is 2. The molecule has 1 atom stereocenters. The van der Waals surface area contributed by atoms with E-state index in [-0.39, 0.29) is 11.9 Å². The van der Waals surface area contributed by atoms with Crippen LogP contribution in [0.25, 0.3) is 0 Å². The minimum atomic E-state index is -0.306. The molecule has 0 aliphatic carbocycles. The molecule has 1 radical (unpaired) electrons. The van der Waals surface area contributed by atoms with Gasteiger partial charge in [0, 0.05) is 6.54 Å². The van der Waals surface area contributed by atoms with Gasteiger partial charge in [0.25, 0.3) is 0 Å². The summed E-state index contributed by atoms with van der Waals surface area (Å²) < 4.78 is 0. The first-order valence-electron chi connectivity index (χ1n) is 4.69. The molecule has 1 aliphatic rings. The number of amides is 1. The lowest BCUT2D eigenvalue weighted by atomic mass is 9.93. The molecule has 0 fully saturated rings. The van der Waals surface area contributed by atoms with Crippen LogP contribution < -0.4 is 5.73 Å². The fourth-order valence-corrected chi connectivity index (χ4v) is 1.96. The van der Waals surface area contributed by atoms with Crippen molar-refractivity contribution in [2.45, 2.75) is 12.5 Å². The maximum Gasteiger partial charge on any atom is 0.239 e. The van der Waals surface area contributed by atoms with Crippen molar-refractivity contribution in [1.82, 2.24) is 4.90 Å². The van der Waals surface area contributed by atoms with Gasteiger partial charge in [-0.15, -0.1) is 0 Å². The molecule has 1 unspecified atom stereocenters. The van der Waals surface area contributed by atoms with Crippen molar-refractivity contribution in [2.75, 3.05) is 13.6 Å². The molecule has 0 saturated carbocycles. The Labute approximate surface area is 83.5 Å². The van der Waals surface area contributed by atoms with Gasteiger partial charge in [-0.05, 0) is 30.7 Å². The predicted molar refractivity (Wildman–Crippen MR) is 53.5 cm³/mol. The Bertz CT molecular complexity index is 362. The third kappa shape index (κ3) is 1.40. The molecule has 14 heavy (non-hydrogen) atoms. The van der Waals surface area contributed by atoms with Gasteiger partial charge in [0.2, 0.25) is 5.91 Å². The Morgan fingerprint density at radius 3 is 3.21 bits per heavy atom. The molecule has 2 rings (SSSR count). The van der Waals surface area contributed by atoms with Crippen LogP contribution in [-0.4, -0.2) is 24.4 Å². The smallest absolute Gasteiger partial charge is 0.239 e. The number of hydrogen-bond donors (Lipinski definition) is 1. The average Bonchev–Trinajstić information content (AvgIpc) is 2.17. The third-order valence-corrected chi connectivity index (χ3v) is 2.70. The third-order valence-electron chi connectivity index (χ3n) is 2.70. The number of nitrogens with zero attached hydrogens (tertiary/aromatic N) is 1. The average molecular weight is 189 g/mol. The van der Waals surface area contributed by atoms with Crippen LogP contribution in [0.4, 0.5) is 0 Å². The van der Waals surface area contributed by atoms with Gasteiger partial charge in [-0.25, -0.2) is 0 Å². The number of likely N-dealkylation sites (N-methyl/N-ethyl adjacent to an activating group) is 1. The summed E-state index contributed by atoms with van der Waals surface area (Å²) in [5.74, 6) is -0.295. The highest BCUT2D eigenvalue weighted by Gasteiger charge is 2.28. The van der Waals surface area contributed by atoms with Crippen LogP contribution in [0.3, 0.4) is 0 Å². The van der Waals surface area contributed by atoms with E-state index in [1.807, 2.05) is 30.1 Å². The lowest BCUT2D eigenvalue weighted by Crippen LogP contribution is -2.40. The fourth-order valence-electron chi connectivity index (χ4n) is 1.96. The summed E-state index contributed by atoms with van der Waals surface area (Å²) in [4.78, 5) is 13.3. The van der Waals surface area contributed by atoms with E-state index in [1.165, 1.54) is 5.56 Å². The summed E-state index contributed by atoms with van der Waals surface area (Å²) in [6.45, 7) is 0.873. The lowest BCUT2D eigenvalue weighted by molar-refractivity contribution is -0.123. The molecule has 1 aromatic rings. The van der Waals surface area contributed by atoms with E-state index in [1.54, 1.807) is 0 Å². The Balaban J connectivity index is 2.46. The van der Waals surface area contributed by atoms with Crippen LogP contribution in [-0.2, 0) is 11.2 Å². The highest BCUT2D eigenvalue weighted by Crippen LogP contribution is 2.27. The van der Waals surface area contributed by atoms with Crippen molar-refractivity contribution >= 4 is 5.91 Å². The topological polar surface area (TPSA) is 46.3 Å². The van der Waals surface area contributed by atoms with E-state index < -0.39 is 0 Å². The van der Waals surface area contributed by atoms with Crippen molar-refractivity contribution in [1.29, 1.82) is 0 Å². The number of primary amides is 1. The van der Waals surface area contributed by atoms with E-state index in [9.17, 15) is 4.79 Å². The SMILES string of the molecule is CN1CCc2ccc[c]c2C1C(N)=O.